The predicted molar refractivity (Wildman–Crippen MR) is 119 cm³/mol. The fourth-order valence-corrected chi connectivity index (χ4v) is 4.99. The van der Waals surface area contributed by atoms with Crippen molar-refractivity contribution in [3.8, 4) is 0 Å². The van der Waals surface area contributed by atoms with E-state index in [1.54, 1.807) is 12.1 Å². The molecule has 32 heavy (non-hydrogen) atoms. The van der Waals surface area contributed by atoms with Gasteiger partial charge in [-0.1, -0.05) is 12.1 Å². The van der Waals surface area contributed by atoms with Gasteiger partial charge in [0.05, 0.1) is 25.2 Å². The smallest absolute Gasteiger partial charge is 0.209 e. The number of halogens is 2. The highest BCUT2D eigenvalue weighted by Gasteiger charge is 2.30. The van der Waals surface area contributed by atoms with E-state index in [4.69, 9.17) is 4.74 Å². The molecule has 0 unspecified atom stereocenters. The molecular weight excluding hydrogens is 464 g/mol. The van der Waals surface area contributed by atoms with Crippen molar-refractivity contribution in [2.24, 2.45) is 5.14 Å². The summed E-state index contributed by atoms with van der Waals surface area (Å²) in [5.74, 6) is -1.50. The van der Waals surface area contributed by atoms with Gasteiger partial charge in [0.25, 0.3) is 0 Å². The summed E-state index contributed by atoms with van der Waals surface area (Å²) in [6, 6.07) is 4.15. The van der Waals surface area contributed by atoms with Crippen molar-refractivity contribution in [2.45, 2.75) is 62.6 Å². The predicted octanol–water partition coefficient (Wildman–Crippen LogP) is 1.58. The van der Waals surface area contributed by atoms with Crippen LogP contribution in [0.4, 0.5) is 8.78 Å². The summed E-state index contributed by atoms with van der Waals surface area (Å²) in [7, 11) is -6.42. The van der Waals surface area contributed by atoms with Crippen molar-refractivity contribution >= 4 is 20.0 Å². The fraction of sp³-hybridized carbons (Fsp3) is 0.700. The summed E-state index contributed by atoms with van der Waals surface area (Å²) in [5.41, 5.74) is 0.458. The van der Waals surface area contributed by atoms with Crippen LogP contribution in [0.1, 0.15) is 50.0 Å². The third kappa shape index (κ3) is 9.75. The maximum atomic E-state index is 14.0. The minimum absolute atomic E-state index is 0.0213. The van der Waals surface area contributed by atoms with Crippen LogP contribution < -0.4 is 15.2 Å². The summed E-state index contributed by atoms with van der Waals surface area (Å²) >= 11 is 0. The molecule has 2 fully saturated rings. The van der Waals surface area contributed by atoms with Crippen molar-refractivity contribution in [3.63, 3.8) is 0 Å². The number of sulfonamides is 2. The molecule has 0 bridgehead atoms. The fourth-order valence-electron chi connectivity index (χ4n) is 4.16. The molecule has 1 saturated carbocycles. The number of ether oxygens (including phenoxy) is 1. The zero-order valence-electron chi connectivity index (χ0n) is 18.4. The number of primary sulfonamides is 1. The number of nitrogens with two attached hydrogens (primary N) is 1. The number of piperidine rings is 1. The quantitative estimate of drug-likeness (QED) is 0.548. The molecule has 1 saturated heterocycles. The number of hydrogen-bond donors (Lipinski definition) is 3. The number of hydrogen-bond acceptors (Lipinski definition) is 6. The average Bonchev–Trinajstić information content (AvgIpc) is 2.67. The monoisotopic (exact) mass is 497 g/mol. The average molecular weight is 498 g/mol. The van der Waals surface area contributed by atoms with Crippen LogP contribution in [-0.4, -0.2) is 60.7 Å². The zero-order valence-corrected chi connectivity index (χ0v) is 20.0. The molecule has 0 spiro atoms. The summed E-state index contributed by atoms with van der Waals surface area (Å²) in [6.45, 7) is 1.29. The lowest BCUT2D eigenvalue weighted by Crippen LogP contribution is -2.55. The Bertz CT molecular complexity index is 944. The maximum Gasteiger partial charge on any atom is 0.209 e. The van der Waals surface area contributed by atoms with Gasteiger partial charge in [0.2, 0.25) is 20.0 Å². The van der Waals surface area contributed by atoms with Crippen LogP contribution in [0.2, 0.25) is 0 Å². The molecule has 2 aliphatic rings. The summed E-state index contributed by atoms with van der Waals surface area (Å²) in [6.07, 6.45) is 6.99. The topological polar surface area (TPSA) is 128 Å². The van der Waals surface area contributed by atoms with E-state index in [0.29, 0.717) is 12.2 Å². The van der Waals surface area contributed by atoms with Gasteiger partial charge < -0.3 is 10.1 Å². The van der Waals surface area contributed by atoms with Gasteiger partial charge in [-0.05, 0) is 62.6 Å². The molecule has 8 nitrogen and oxygen atoms in total. The van der Waals surface area contributed by atoms with Crippen LogP contribution >= 0.6 is 0 Å². The van der Waals surface area contributed by atoms with Gasteiger partial charge >= 0.3 is 0 Å². The van der Waals surface area contributed by atoms with Gasteiger partial charge in [0.15, 0.2) is 11.6 Å². The molecule has 1 aromatic carbocycles. The lowest BCUT2D eigenvalue weighted by molar-refractivity contribution is 0.00504. The van der Waals surface area contributed by atoms with E-state index in [-0.39, 0.29) is 24.1 Å². The van der Waals surface area contributed by atoms with Gasteiger partial charge in [-0.3, -0.25) is 0 Å². The van der Waals surface area contributed by atoms with Crippen LogP contribution in [-0.2, 0) is 24.8 Å². The third-order valence-corrected chi connectivity index (χ3v) is 6.29. The SMILES string of the molecule is CS(=O)(=O)N[C@H]1CCCN[C@H]1COC1CCC(c2cccc(F)c2F)CC1.CS(N)(=O)=O. The Morgan fingerprint density at radius 2 is 1.72 bits per heavy atom. The first-order valence-corrected chi connectivity index (χ1v) is 14.4. The molecule has 184 valence electrons. The molecule has 1 aliphatic heterocycles. The Labute approximate surface area is 189 Å². The van der Waals surface area contributed by atoms with E-state index in [1.807, 2.05) is 0 Å². The molecule has 0 aromatic heterocycles. The molecule has 0 radical (unpaired) electrons. The van der Waals surface area contributed by atoms with E-state index in [9.17, 15) is 25.6 Å². The van der Waals surface area contributed by atoms with Gasteiger partial charge in [-0.2, -0.15) is 0 Å². The minimum Gasteiger partial charge on any atom is -0.377 e. The van der Waals surface area contributed by atoms with Crippen molar-refractivity contribution in [3.05, 3.63) is 35.4 Å². The molecule has 1 aliphatic carbocycles. The maximum absolute atomic E-state index is 14.0. The van der Waals surface area contributed by atoms with Crippen molar-refractivity contribution in [1.29, 1.82) is 0 Å². The summed E-state index contributed by atoms with van der Waals surface area (Å²) in [4.78, 5) is 0. The van der Waals surface area contributed by atoms with Crippen LogP contribution in [0.3, 0.4) is 0 Å². The van der Waals surface area contributed by atoms with Crippen molar-refractivity contribution in [1.82, 2.24) is 10.0 Å². The first-order valence-electron chi connectivity index (χ1n) is 10.6. The van der Waals surface area contributed by atoms with Gasteiger partial charge in [-0.25, -0.2) is 35.5 Å². The van der Waals surface area contributed by atoms with Crippen LogP contribution in [0.15, 0.2) is 18.2 Å². The van der Waals surface area contributed by atoms with Crippen LogP contribution in [0, 0.1) is 11.6 Å². The van der Waals surface area contributed by atoms with Gasteiger partial charge in [0, 0.05) is 12.1 Å². The Kier molecular flexibility index (Phi) is 9.98. The normalized spacial score (nSPS) is 26.8. The Hall–Kier alpha value is -1.18. The Morgan fingerprint density at radius 3 is 2.31 bits per heavy atom. The lowest BCUT2D eigenvalue weighted by atomic mass is 9.82. The van der Waals surface area contributed by atoms with Crippen LogP contribution in [0.25, 0.3) is 0 Å². The number of rotatable bonds is 6. The third-order valence-electron chi connectivity index (χ3n) is 5.56. The first kappa shape index (κ1) is 27.1. The van der Waals surface area contributed by atoms with E-state index in [2.05, 4.69) is 15.2 Å². The first-order chi connectivity index (χ1) is 14.8. The largest absolute Gasteiger partial charge is 0.377 e. The van der Waals surface area contributed by atoms with Gasteiger partial charge in [-0.15, -0.1) is 0 Å². The highest BCUT2D eigenvalue weighted by molar-refractivity contribution is 7.88. The van der Waals surface area contributed by atoms with Crippen molar-refractivity contribution in [2.75, 3.05) is 25.7 Å². The van der Waals surface area contributed by atoms with Gasteiger partial charge in [0.1, 0.15) is 0 Å². The second-order valence-electron chi connectivity index (χ2n) is 8.48. The number of benzene rings is 1. The van der Waals surface area contributed by atoms with E-state index in [1.165, 1.54) is 6.26 Å². The van der Waals surface area contributed by atoms with Crippen LogP contribution in [0.5, 0.6) is 0 Å². The Balaban J connectivity index is 0.000000654. The molecule has 1 heterocycles. The van der Waals surface area contributed by atoms with E-state index >= 15 is 0 Å². The summed E-state index contributed by atoms with van der Waals surface area (Å²) in [5, 5.41) is 7.66. The lowest BCUT2D eigenvalue weighted by Gasteiger charge is -2.35. The Morgan fingerprint density at radius 1 is 1.09 bits per heavy atom. The second kappa shape index (κ2) is 11.8. The minimum atomic E-state index is -3.26. The summed E-state index contributed by atoms with van der Waals surface area (Å²) < 4.78 is 78.0. The molecular formula is C20H33F2N3O5S2. The molecule has 1 aromatic rings. The number of nitrogens with one attached hydrogen (secondary N) is 2. The highest BCUT2D eigenvalue weighted by atomic mass is 32.2. The molecule has 4 N–H and O–H groups in total. The second-order valence-corrected chi connectivity index (χ2v) is 11.9. The molecule has 2 atom stereocenters. The molecule has 0 amide bonds. The van der Waals surface area contributed by atoms with Crippen molar-refractivity contribution < 1.29 is 30.4 Å². The highest BCUT2D eigenvalue weighted by Crippen LogP contribution is 2.35. The van der Waals surface area contributed by atoms with E-state index < -0.39 is 31.7 Å². The molecule has 3 rings (SSSR count). The van der Waals surface area contributed by atoms with E-state index in [0.717, 1.165) is 57.4 Å². The standard InChI is InChI=1S/C19H28F2N2O3S.CH5NO2S/c1-27(24,25)23-17-6-3-11-22-18(17)12-26-14-9-7-13(8-10-14)15-4-2-5-16(20)19(15)21;1-5(2,3)4/h2,4-5,13-14,17-18,22-23H,3,6-12H2,1H3;1H3,(H2,2,3,4)/t13?,14?,17-,18-;/m0./s1. The zero-order chi connectivity index (χ0) is 23.9. The molecule has 12 heteroatoms.